The lowest BCUT2D eigenvalue weighted by Crippen LogP contribution is -2.33. The van der Waals surface area contributed by atoms with Crippen LogP contribution in [-0.4, -0.2) is 43.6 Å². The monoisotopic (exact) mass is 346 g/mol. The first-order valence-electron chi connectivity index (χ1n) is 10.0. The van der Waals surface area contributed by atoms with Crippen molar-refractivity contribution in [2.45, 2.75) is 58.3 Å². The highest BCUT2D eigenvalue weighted by molar-refractivity contribution is 5.96. The molecule has 0 unspecified atom stereocenters. The van der Waals surface area contributed by atoms with Crippen LogP contribution in [0.5, 0.6) is 5.75 Å². The second kappa shape index (κ2) is 11.9. The lowest BCUT2D eigenvalue weighted by atomic mass is 10.1. The van der Waals surface area contributed by atoms with Crippen LogP contribution in [0, 0.1) is 0 Å². The predicted octanol–water partition coefficient (Wildman–Crippen LogP) is 4.25. The van der Waals surface area contributed by atoms with E-state index in [1.54, 1.807) is 0 Å². The topological polar surface area (TPSA) is 41.6 Å². The number of benzene rings is 1. The number of hydrogen-bond acceptors (Lipinski definition) is 3. The number of unbranched alkanes of at least 4 members (excludes halogenated alkanes) is 5. The average Bonchev–Trinajstić information content (AvgIpc) is 3.14. The zero-order valence-corrected chi connectivity index (χ0v) is 15.8. The fourth-order valence-electron chi connectivity index (χ4n) is 3.27. The van der Waals surface area contributed by atoms with Crippen LogP contribution >= 0.6 is 0 Å². The van der Waals surface area contributed by atoms with Gasteiger partial charge in [-0.15, -0.1) is 0 Å². The third-order valence-corrected chi connectivity index (χ3v) is 4.80. The van der Waals surface area contributed by atoms with Crippen molar-refractivity contribution in [1.29, 1.82) is 0 Å². The van der Waals surface area contributed by atoms with E-state index in [0.717, 1.165) is 26.1 Å². The minimum atomic E-state index is -0.0299. The number of ether oxygens (including phenoxy) is 1. The Hall–Kier alpha value is -1.55. The molecule has 1 heterocycles. The Bertz CT molecular complexity index is 498. The Kier molecular flexibility index (Phi) is 9.42. The van der Waals surface area contributed by atoms with Crippen molar-refractivity contribution < 1.29 is 9.53 Å². The van der Waals surface area contributed by atoms with Gasteiger partial charge in [-0.2, -0.15) is 0 Å². The molecule has 0 aromatic heterocycles. The summed E-state index contributed by atoms with van der Waals surface area (Å²) < 4.78 is 5.87. The number of hydrogen-bond donors (Lipinski definition) is 1. The first kappa shape index (κ1) is 19.8. The minimum Gasteiger partial charge on any atom is -0.493 e. The Morgan fingerprint density at radius 3 is 2.60 bits per heavy atom. The lowest BCUT2D eigenvalue weighted by molar-refractivity contribution is 0.0945. The van der Waals surface area contributed by atoms with Crippen LogP contribution in [0.15, 0.2) is 24.3 Å². The van der Waals surface area contributed by atoms with Gasteiger partial charge in [-0.25, -0.2) is 0 Å². The smallest absolute Gasteiger partial charge is 0.255 e. The molecule has 0 bridgehead atoms. The highest BCUT2D eigenvalue weighted by atomic mass is 16.5. The maximum absolute atomic E-state index is 12.4. The Balaban J connectivity index is 1.69. The third kappa shape index (κ3) is 7.47. The van der Waals surface area contributed by atoms with Crippen molar-refractivity contribution in [3.8, 4) is 5.75 Å². The molecular formula is C21H34N2O2. The largest absolute Gasteiger partial charge is 0.493 e. The van der Waals surface area contributed by atoms with Crippen molar-refractivity contribution in [3.63, 3.8) is 0 Å². The maximum Gasteiger partial charge on any atom is 0.255 e. The van der Waals surface area contributed by atoms with Gasteiger partial charge in [0.1, 0.15) is 5.75 Å². The van der Waals surface area contributed by atoms with Crippen LogP contribution < -0.4 is 10.1 Å². The van der Waals surface area contributed by atoms with Gasteiger partial charge in [0, 0.05) is 13.1 Å². The first-order valence-corrected chi connectivity index (χ1v) is 10.0. The number of rotatable bonds is 12. The summed E-state index contributed by atoms with van der Waals surface area (Å²) in [6.07, 6.45) is 9.99. The van der Waals surface area contributed by atoms with E-state index in [1.165, 1.54) is 44.9 Å². The summed E-state index contributed by atoms with van der Waals surface area (Å²) in [5, 5.41) is 3.03. The van der Waals surface area contributed by atoms with E-state index in [9.17, 15) is 4.79 Å². The highest BCUT2D eigenvalue weighted by Gasteiger charge is 2.14. The van der Waals surface area contributed by atoms with Gasteiger partial charge in [0.15, 0.2) is 0 Å². The Labute approximate surface area is 152 Å². The van der Waals surface area contributed by atoms with Crippen LogP contribution in [0.1, 0.15) is 68.6 Å². The van der Waals surface area contributed by atoms with E-state index in [-0.39, 0.29) is 5.91 Å². The van der Waals surface area contributed by atoms with Crippen LogP contribution in [0.4, 0.5) is 0 Å². The summed E-state index contributed by atoms with van der Waals surface area (Å²) in [6.45, 7) is 6.87. The number of nitrogens with one attached hydrogen (secondary N) is 1. The number of nitrogens with zero attached hydrogens (tertiary/aromatic N) is 1. The molecule has 1 saturated heterocycles. The summed E-state index contributed by atoms with van der Waals surface area (Å²) in [7, 11) is 0. The Morgan fingerprint density at radius 1 is 1.08 bits per heavy atom. The normalized spacial score (nSPS) is 14.6. The summed E-state index contributed by atoms with van der Waals surface area (Å²) in [5.41, 5.74) is 0.648. The molecule has 1 amide bonds. The molecule has 140 valence electrons. The van der Waals surface area contributed by atoms with E-state index in [0.29, 0.717) is 24.5 Å². The van der Waals surface area contributed by atoms with E-state index in [2.05, 4.69) is 17.1 Å². The van der Waals surface area contributed by atoms with Gasteiger partial charge in [-0.3, -0.25) is 4.79 Å². The molecule has 0 aliphatic carbocycles. The minimum absolute atomic E-state index is 0.0299. The highest BCUT2D eigenvalue weighted by Crippen LogP contribution is 2.18. The summed E-state index contributed by atoms with van der Waals surface area (Å²) in [4.78, 5) is 14.8. The van der Waals surface area contributed by atoms with Crippen LogP contribution in [-0.2, 0) is 0 Å². The standard InChI is InChI=1S/C21H34N2O2/c1-2-3-4-5-6-11-18-25-20-13-8-7-12-19(20)21(24)22-14-17-23-15-9-10-16-23/h7-8,12-13H,2-6,9-11,14-18H2,1H3,(H,22,24). The molecule has 4 nitrogen and oxygen atoms in total. The van der Waals surface area contributed by atoms with E-state index >= 15 is 0 Å². The molecule has 1 fully saturated rings. The quantitative estimate of drug-likeness (QED) is 0.575. The second-order valence-corrected chi connectivity index (χ2v) is 6.92. The molecule has 1 aliphatic rings. The van der Waals surface area contributed by atoms with Gasteiger partial charge in [0.2, 0.25) is 0 Å². The van der Waals surface area contributed by atoms with E-state index in [1.807, 2.05) is 24.3 Å². The van der Waals surface area contributed by atoms with Gasteiger partial charge in [-0.05, 0) is 44.5 Å². The third-order valence-electron chi connectivity index (χ3n) is 4.80. The molecule has 0 radical (unpaired) electrons. The number of amides is 1. The molecule has 4 heteroatoms. The maximum atomic E-state index is 12.4. The molecule has 1 aliphatic heterocycles. The van der Waals surface area contributed by atoms with Crippen LogP contribution in [0.25, 0.3) is 0 Å². The molecule has 25 heavy (non-hydrogen) atoms. The van der Waals surface area contributed by atoms with Crippen molar-refractivity contribution >= 4 is 5.91 Å². The SMILES string of the molecule is CCCCCCCCOc1ccccc1C(=O)NCCN1CCCC1. The lowest BCUT2D eigenvalue weighted by Gasteiger charge is -2.15. The van der Waals surface area contributed by atoms with Crippen LogP contribution in [0.2, 0.25) is 0 Å². The number of para-hydroxylation sites is 1. The molecule has 2 rings (SSSR count). The molecule has 0 spiro atoms. The predicted molar refractivity (Wildman–Crippen MR) is 103 cm³/mol. The first-order chi connectivity index (χ1) is 12.3. The molecule has 1 aromatic rings. The zero-order chi connectivity index (χ0) is 17.7. The molecule has 0 saturated carbocycles. The molecule has 0 atom stereocenters. The van der Waals surface area contributed by atoms with Crippen molar-refractivity contribution in [2.24, 2.45) is 0 Å². The van der Waals surface area contributed by atoms with Gasteiger partial charge >= 0.3 is 0 Å². The van der Waals surface area contributed by atoms with Crippen molar-refractivity contribution in [1.82, 2.24) is 10.2 Å². The number of carbonyl (C=O) groups is 1. The zero-order valence-electron chi connectivity index (χ0n) is 15.8. The van der Waals surface area contributed by atoms with Gasteiger partial charge in [0.05, 0.1) is 12.2 Å². The molecular weight excluding hydrogens is 312 g/mol. The molecule has 1 N–H and O–H groups in total. The van der Waals surface area contributed by atoms with Crippen molar-refractivity contribution in [3.05, 3.63) is 29.8 Å². The molecule has 1 aromatic carbocycles. The summed E-state index contributed by atoms with van der Waals surface area (Å²) in [5.74, 6) is 0.674. The van der Waals surface area contributed by atoms with Crippen LogP contribution in [0.3, 0.4) is 0 Å². The summed E-state index contributed by atoms with van der Waals surface area (Å²) >= 11 is 0. The van der Waals surface area contributed by atoms with Gasteiger partial charge in [-0.1, -0.05) is 51.2 Å². The van der Waals surface area contributed by atoms with Gasteiger partial charge < -0.3 is 15.0 Å². The fourth-order valence-corrected chi connectivity index (χ4v) is 3.27. The number of carbonyl (C=O) groups excluding carboxylic acids is 1. The average molecular weight is 347 g/mol. The van der Waals surface area contributed by atoms with Gasteiger partial charge in [0.25, 0.3) is 5.91 Å². The van der Waals surface area contributed by atoms with E-state index in [4.69, 9.17) is 4.74 Å². The summed E-state index contributed by atoms with van der Waals surface area (Å²) in [6, 6.07) is 7.57. The number of likely N-dealkylation sites (tertiary alicyclic amines) is 1. The van der Waals surface area contributed by atoms with E-state index < -0.39 is 0 Å². The van der Waals surface area contributed by atoms with Crippen molar-refractivity contribution in [2.75, 3.05) is 32.8 Å². The Morgan fingerprint density at radius 2 is 1.80 bits per heavy atom. The second-order valence-electron chi connectivity index (χ2n) is 6.92. The fraction of sp³-hybridized carbons (Fsp3) is 0.667.